The minimum atomic E-state index is -1.13. The molecule has 0 aromatic heterocycles. The van der Waals surface area contributed by atoms with Gasteiger partial charge >= 0.3 is 11.9 Å². The second-order valence-corrected chi connectivity index (χ2v) is 7.37. The van der Waals surface area contributed by atoms with Crippen molar-refractivity contribution in [1.29, 1.82) is 0 Å². The maximum atomic E-state index is 12.1. The molecule has 2 aromatic rings. The molecule has 3 rings (SSSR count). The van der Waals surface area contributed by atoms with E-state index >= 15 is 0 Å². The lowest BCUT2D eigenvalue weighted by molar-refractivity contribution is -0.141. The van der Waals surface area contributed by atoms with Crippen molar-refractivity contribution in [2.24, 2.45) is 5.73 Å². The highest BCUT2D eigenvalue weighted by Crippen LogP contribution is 2.44. The first-order valence-electron chi connectivity index (χ1n) is 10.3. The fourth-order valence-electron chi connectivity index (χ4n) is 3.77. The average molecular weight is 422 g/mol. The van der Waals surface area contributed by atoms with Gasteiger partial charge in [0.05, 0.1) is 0 Å². The second-order valence-electron chi connectivity index (χ2n) is 7.37. The van der Waals surface area contributed by atoms with Crippen molar-refractivity contribution in [1.82, 2.24) is 5.32 Å². The molecular weight excluding hydrogens is 396 g/mol. The van der Waals surface area contributed by atoms with E-state index in [-0.39, 0.29) is 18.9 Å². The van der Waals surface area contributed by atoms with E-state index in [4.69, 9.17) is 10.5 Å². The van der Waals surface area contributed by atoms with Crippen molar-refractivity contribution in [3.8, 4) is 11.1 Å². The van der Waals surface area contributed by atoms with E-state index in [1.54, 1.807) is 0 Å². The van der Waals surface area contributed by atoms with Crippen molar-refractivity contribution >= 4 is 17.8 Å². The summed E-state index contributed by atoms with van der Waals surface area (Å²) in [7, 11) is 0. The molecule has 0 saturated heterocycles. The molecule has 0 aliphatic heterocycles. The average Bonchev–Trinajstić information content (AvgIpc) is 3.09. The highest BCUT2D eigenvalue weighted by atomic mass is 16.5. The van der Waals surface area contributed by atoms with Crippen LogP contribution in [0.25, 0.3) is 11.1 Å². The van der Waals surface area contributed by atoms with Crippen LogP contribution in [0.1, 0.15) is 36.3 Å². The molecule has 0 saturated carbocycles. The first kappa shape index (κ1) is 22.2. The van der Waals surface area contributed by atoms with Crippen molar-refractivity contribution < 1.29 is 24.2 Å². The van der Waals surface area contributed by atoms with Gasteiger partial charge in [-0.15, -0.1) is 0 Å². The number of ether oxygens (including phenoxy) is 1. The van der Waals surface area contributed by atoms with Gasteiger partial charge in [0.1, 0.15) is 12.6 Å². The molecule has 0 spiro atoms. The minimum absolute atomic E-state index is 0.0717. The Kier molecular flexibility index (Phi) is 7.56. The van der Waals surface area contributed by atoms with Crippen LogP contribution in [0.3, 0.4) is 0 Å². The van der Waals surface area contributed by atoms with Crippen molar-refractivity contribution in [3.05, 3.63) is 71.8 Å². The molecule has 7 heteroatoms. The lowest BCUT2D eigenvalue weighted by atomic mass is 9.98. The van der Waals surface area contributed by atoms with Gasteiger partial charge in [-0.3, -0.25) is 4.79 Å². The molecule has 2 aromatic carbocycles. The smallest absolute Gasteiger partial charge is 0.330 e. The first-order valence-corrected chi connectivity index (χ1v) is 10.3. The van der Waals surface area contributed by atoms with Gasteiger partial charge in [-0.25, -0.2) is 9.59 Å². The number of aliphatic carboxylic acids is 1. The molecular formula is C24H26N2O5. The fourth-order valence-corrected chi connectivity index (χ4v) is 3.77. The number of nitrogens with two attached hydrogens (primary N) is 1. The highest BCUT2D eigenvalue weighted by molar-refractivity contribution is 5.96. The minimum Gasteiger partial charge on any atom is -0.480 e. The van der Waals surface area contributed by atoms with Gasteiger partial charge < -0.3 is 20.9 Å². The number of rotatable bonds is 10. The molecule has 7 nitrogen and oxygen atoms in total. The summed E-state index contributed by atoms with van der Waals surface area (Å²) in [6.07, 6.45) is 3.55. The second kappa shape index (κ2) is 10.5. The summed E-state index contributed by atoms with van der Waals surface area (Å²) in [5.74, 6) is -2.52. The Balaban J connectivity index is 1.56. The molecule has 0 radical (unpaired) electrons. The zero-order valence-electron chi connectivity index (χ0n) is 17.1. The molecule has 4 N–H and O–H groups in total. The first-order chi connectivity index (χ1) is 15.0. The Labute approximate surface area is 180 Å². The summed E-state index contributed by atoms with van der Waals surface area (Å²) in [6, 6.07) is 15.0. The number of carbonyl (C=O) groups excluding carboxylic acids is 2. The van der Waals surface area contributed by atoms with Crippen LogP contribution in [-0.4, -0.2) is 42.1 Å². The topological polar surface area (TPSA) is 119 Å². The summed E-state index contributed by atoms with van der Waals surface area (Å²) < 4.78 is 5.39. The van der Waals surface area contributed by atoms with E-state index in [9.17, 15) is 19.5 Å². The van der Waals surface area contributed by atoms with E-state index in [1.807, 2.05) is 48.5 Å². The van der Waals surface area contributed by atoms with Gasteiger partial charge in [-0.2, -0.15) is 0 Å². The number of carboxylic acids is 1. The lowest BCUT2D eigenvalue weighted by Gasteiger charge is -2.13. The number of carbonyl (C=O) groups is 3. The summed E-state index contributed by atoms with van der Waals surface area (Å²) in [6.45, 7) is 0.609. The number of carboxylic acid groups (broad SMARTS) is 1. The summed E-state index contributed by atoms with van der Waals surface area (Å²) in [5.41, 5.74) is 9.85. The third-order valence-electron chi connectivity index (χ3n) is 5.29. The molecule has 31 heavy (non-hydrogen) atoms. The van der Waals surface area contributed by atoms with Gasteiger partial charge in [0.2, 0.25) is 5.91 Å². The van der Waals surface area contributed by atoms with E-state index in [1.165, 1.54) is 0 Å². The largest absolute Gasteiger partial charge is 0.480 e. The third kappa shape index (κ3) is 5.58. The van der Waals surface area contributed by atoms with Crippen LogP contribution in [0.5, 0.6) is 0 Å². The standard InChI is InChI=1S/C24H26N2O5/c25-14-6-5-11-21(24(29)30)26-22(27)12-13-23(28)31-15-20-18-9-3-1-7-16(18)17-8-2-4-10-19(17)20/h1-4,7-10,12-13,20-21H,5-6,11,14-15,25H2,(H,26,27)(H,29,30)/t21-/m0/s1. The fraction of sp³-hybridized carbons (Fsp3) is 0.292. The Hall–Kier alpha value is -3.45. The molecule has 0 unspecified atom stereocenters. The Morgan fingerprint density at radius 2 is 1.61 bits per heavy atom. The van der Waals surface area contributed by atoms with Crippen LogP contribution in [-0.2, 0) is 19.1 Å². The van der Waals surface area contributed by atoms with Crippen LogP contribution < -0.4 is 11.1 Å². The Morgan fingerprint density at radius 1 is 1.00 bits per heavy atom. The summed E-state index contributed by atoms with van der Waals surface area (Å²) in [4.78, 5) is 35.4. The summed E-state index contributed by atoms with van der Waals surface area (Å²) >= 11 is 0. The maximum absolute atomic E-state index is 12.1. The van der Waals surface area contributed by atoms with E-state index < -0.39 is 23.9 Å². The van der Waals surface area contributed by atoms with Gasteiger partial charge in [-0.05, 0) is 48.1 Å². The molecule has 1 aliphatic rings. The van der Waals surface area contributed by atoms with Gasteiger partial charge in [0.15, 0.2) is 0 Å². The lowest BCUT2D eigenvalue weighted by Crippen LogP contribution is -2.40. The van der Waals surface area contributed by atoms with Crippen molar-refractivity contribution in [2.45, 2.75) is 31.2 Å². The normalized spacial score (nSPS) is 13.5. The number of hydrogen-bond acceptors (Lipinski definition) is 5. The number of benzene rings is 2. The van der Waals surface area contributed by atoms with Crippen LogP contribution in [0.4, 0.5) is 0 Å². The maximum Gasteiger partial charge on any atom is 0.330 e. The number of fused-ring (bicyclic) bond motifs is 3. The predicted molar refractivity (Wildman–Crippen MR) is 116 cm³/mol. The molecule has 0 bridgehead atoms. The Morgan fingerprint density at radius 3 is 2.19 bits per heavy atom. The van der Waals surface area contributed by atoms with E-state index in [0.717, 1.165) is 34.4 Å². The molecule has 1 atom stereocenters. The van der Waals surface area contributed by atoms with Gasteiger partial charge in [0.25, 0.3) is 0 Å². The van der Waals surface area contributed by atoms with E-state index in [0.29, 0.717) is 19.4 Å². The van der Waals surface area contributed by atoms with Crippen LogP contribution in [0.2, 0.25) is 0 Å². The number of unbranched alkanes of at least 4 members (excludes halogenated alkanes) is 1. The van der Waals surface area contributed by atoms with Gasteiger partial charge in [0, 0.05) is 18.1 Å². The summed E-state index contributed by atoms with van der Waals surface area (Å²) in [5, 5.41) is 11.6. The molecule has 0 fully saturated rings. The predicted octanol–water partition coefficient (Wildman–Crippen LogP) is 2.60. The molecule has 0 heterocycles. The monoisotopic (exact) mass is 422 g/mol. The third-order valence-corrected chi connectivity index (χ3v) is 5.29. The zero-order chi connectivity index (χ0) is 22.2. The number of nitrogens with one attached hydrogen (secondary N) is 1. The molecule has 162 valence electrons. The van der Waals surface area contributed by atoms with Gasteiger partial charge in [-0.1, -0.05) is 48.5 Å². The number of esters is 1. The van der Waals surface area contributed by atoms with Crippen LogP contribution in [0.15, 0.2) is 60.7 Å². The number of hydrogen-bond donors (Lipinski definition) is 3. The van der Waals surface area contributed by atoms with Crippen molar-refractivity contribution in [3.63, 3.8) is 0 Å². The zero-order valence-corrected chi connectivity index (χ0v) is 17.1. The van der Waals surface area contributed by atoms with E-state index in [2.05, 4.69) is 5.32 Å². The quantitative estimate of drug-likeness (QED) is 0.308. The number of amides is 1. The highest BCUT2D eigenvalue weighted by Gasteiger charge is 2.28. The SMILES string of the molecule is NCCCC[C@H](NC(=O)C=CC(=O)OCC1c2ccccc2-c2ccccc21)C(=O)O. The molecule has 1 amide bonds. The Bertz CT molecular complexity index is 940. The molecule has 1 aliphatic carbocycles. The van der Waals surface area contributed by atoms with Crippen LogP contribution >= 0.6 is 0 Å². The van der Waals surface area contributed by atoms with Crippen molar-refractivity contribution in [2.75, 3.05) is 13.2 Å². The van der Waals surface area contributed by atoms with Crippen LogP contribution in [0, 0.1) is 0 Å².